The van der Waals surface area contributed by atoms with Crippen LogP contribution in [0.25, 0.3) is 0 Å². The van der Waals surface area contributed by atoms with Gasteiger partial charge >= 0.3 is 0 Å². The highest BCUT2D eigenvalue weighted by atomic mass is 79.9. The van der Waals surface area contributed by atoms with Crippen molar-refractivity contribution in [2.75, 3.05) is 5.33 Å². The van der Waals surface area contributed by atoms with E-state index in [1.54, 1.807) is 24.3 Å². The molecular weight excluding hydrogens is 390 g/mol. The van der Waals surface area contributed by atoms with Crippen molar-refractivity contribution in [1.29, 1.82) is 0 Å². The summed E-state index contributed by atoms with van der Waals surface area (Å²) in [6.07, 6.45) is 1.49. The molecule has 0 saturated heterocycles. The first kappa shape index (κ1) is 15.6. The summed E-state index contributed by atoms with van der Waals surface area (Å²) < 4.78 is 27.4. The maximum atomic E-state index is 13.3. The molecule has 0 radical (unpaired) electrons. The van der Waals surface area contributed by atoms with E-state index in [2.05, 4.69) is 31.9 Å². The van der Waals surface area contributed by atoms with E-state index in [9.17, 15) is 8.78 Å². The van der Waals surface area contributed by atoms with Crippen LogP contribution in [0.5, 0.6) is 0 Å². The number of alkyl halides is 1. The first-order chi connectivity index (χ1) is 9.58. The van der Waals surface area contributed by atoms with Crippen molar-refractivity contribution in [3.63, 3.8) is 0 Å². The Morgan fingerprint density at radius 1 is 0.950 bits per heavy atom. The van der Waals surface area contributed by atoms with Crippen LogP contribution in [-0.2, 0) is 12.8 Å². The summed E-state index contributed by atoms with van der Waals surface area (Å²) in [4.78, 5) is 0. The molecule has 0 aliphatic carbocycles. The molecule has 0 N–H and O–H groups in total. The van der Waals surface area contributed by atoms with E-state index >= 15 is 0 Å². The van der Waals surface area contributed by atoms with Gasteiger partial charge in [-0.25, -0.2) is 8.78 Å². The maximum absolute atomic E-state index is 13.3. The first-order valence-corrected chi connectivity index (χ1v) is 8.24. The Balaban J connectivity index is 2.11. The summed E-state index contributed by atoms with van der Waals surface area (Å²) >= 11 is 6.93. The molecule has 0 spiro atoms. The largest absolute Gasteiger partial charge is 0.207 e. The Morgan fingerprint density at radius 2 is 1.70 bits per heavy atom. The summed E-state index contributed by atoms with van der Waals surface area (Å²) in [7, 11) is 0. The van der Waals surface area contributed by atoms with Gasteiger partial charge in [-0.2, -0.15) is 0 Å². The molecule has 0 nitrogen and oxygen atoms in total. The van der Waals surface area contributed by atoms with Gasteiger partial charge in [-0.05, 0) is 60.2 Å². The minimum Gasteiger partial charge on any atom is -0.207 e. The lowest BCUT2D eigenvalue weighted by molar-refractivity contribution is 0.575. The number of hydrogen-bond acceptors (Lipinski definition) is 0. The van der Waals surface area contributed by atoms with Gasteiger partial charge in [0.1, 0.15) is 11.6 Å². The van der Waals surface area contributed by atoms with Gasteiger partial charge in [0.25, 0.3) is 0 Å². The van der Waals surface area contributed by atoms with Gasteiger partial charge in [0, 0.05) is 9.80 Å². The second kappa shape index (κ2) is 7.32. The molecule has 106 valence electrons. The van der Waals surface area contributed by atoms with Crippen LogP contribution in [0.3, 0.4) is 0 Å². The Labute approximate surface area is 134 Å². The van der Waals surface area contributed by atoms with Crippen molar-refractivity contribution in [1.82, 2.24) is 0 Å². The van der Waals surface area contributed by atoms with Gasteiger partial charge in [-0.15, -0.1) is 0 Å². The standard InChI is InChI=1S/C16H14Br2F2/c17-10-12(6-11-2-1-3-14(19)8-11)7-13-9-15(20)4-5-16(13)18/h1-5,8-9,12H,6-7,10H2. The lowest BCUT2D eigenvalue weighted by Crippen LogP contribution is -2.10. The highest BCUT2D eigenvalue weighted by Crippen LogP contribution is 2.24. The third-order valence-electron chi connectivity index (χ3n) is 3.15. The summed E-state index contributed by atoms with van der Waals surface area (Å²) in [5, 5.41) is 0.784. The number of hydrogen-bond donors (Lipinski definition) is 0. The molecule has 0 aromatic heterocycles. The minimum absolute atomic E-state index is 0.220. The molecule has 0 fully saturated rings. The van der Waals surface area contributed by atoms with Crippen molar-refractivity contribution in [3.05, 3.63) is 69.7 Å². The average Bonchev–Trinajstić information content (AvgIpc) is 2.42. The van der Waals surface area contributed by atoms with Crippen LogP contribution in [0.4, 0.5) is 8.78 Å². The molecule has 0 aliphatic heterocycles. The zero-order valence-electron chi connectivity index (χ0n) is 10.8. The number of benzene rings is 2. The van der Waals surface area contributed by atoms with E-state index in [4.69, 9.17) is 0 Å². The predicted molar refractivity (Wildman–Crippen MR) is 85.2 cm³/mol. The number of halogens is 4. The van der Waals surface area contributed by atoms with Gasteiger partial charge in [0.2, 0.25) is 0 Å². The third-order valence-corrected chi connectivity index (χ3v) is 4.84. The minimum atomic E-state index is -0.234. The van der Waals surface area contributed by atoms with Crippen LogP contribution in [0.2, 0.25) is 0 Å². The van der Waals surface area contributed by atoms with Crippen LogP contribution in [0.1, 0.15) is 11.1 Å². The second-order valence-corrected chi connectivity index (χ2v) is 6.30. The van der Waals surface area contributed by atoms with Gasteiger partial charge in [-0.1, -0.05) is 44.0 Å². The lowest BCUT2D eigenvalue weighted by atomic mass is 9.94. The van der Waals surface area contributed by atoms with E-state index in [-0.39, 0.29) is 17.6 Å². The van der Waals surface area contributed by atoms with Crippen LogP contribution < -0.4 is 0 Å². The monoisotopic (exact) mass is 402 g/mol. The molecule has 2 aromatic carbocycles. The summed E-state index contributed by atoms with van der Waals surface area (Å²) in [6, 6.07) is 11.3. The maximum Gasteiger partial charge on any atom is 0.123 e. The first-order valence-electron chi connectivity index (χ1n) is 6.33. The fraction of sp³-hybridized carbons (Fsp3) is 0.250. The van der Waals surface area contributed by atoms with Gasteiger partial charge in [0.15, 0.2) is 0 Å². The number of rotatable bonds is 5. The van der Waals surface area contributed by atoms with E-state index in [0.29, 0.717) is 0 Å². The molecule has 0 amide bonds. The molecule has 1 atom stereocenters. The van der Waals surface area contributed by atoms with Crippen molar-refractivity contribution < 1.29 is 8.78 Å². The Hall–Kier alpha value is -0.740. The molecule has 4 heteroatoms. The van der Waals surface area contributed by atoms with Gasteiger partial charge < -0.3 is 0 Å². The molecule has 0 saturated carbocycles. The Bertz CT molecular complexity index is 584. The molecule has 20 heavy (non-hydrogen) atoms. The summed E-state index contributed by atoms with van der Waals surface area (Å²) in [5.41, 5.74) is 1.90. The van der Waals surface area contributed by atoms with E-state index in [0.717, 1.165) is 33.8 Å². The van der Waals surface area contributed by atoms with Crippen molar-refractivity contribution in [3.8, 4) is 0 Å². The molecule has 2 aromatic rings. The second-order valence-electron chi connectivity index (χ2n) is 4.79. The molecule has 0 heterocycles. The lowest BCUT2D eigenvalue weighted by Gasteiger charge is -2.15. The SMILES string of the molecule is Fc1cccc(CC(CBr)Cc2cc(F)ccc2Br)c1. The molecular formula is C16H14Br2F2. The average molecular weight is 404 g/mol. The van der Waals surface area contributed by atoms with E-state index in [1.807, 2.05) is 6.07 Å². The van der Waals surface area contributed by atoms with Crippen LogP contribution in [-0.4, -0.2) is 5.33 Å². The fourth-order valence-corrected chi connectivity index (χ4v) is 3.06. The van der Waals surface area contributed by atoms with Crippen LogP contribution in [0, 0.1) is 17.6 Å². The highest BCUT2D eigenvalue weighted by molar-refractivity contribution is 9.10. The molecule has 1 unspecified atom stereocenters. The molecule has 0 bridgehead atoms. The topological polar surface area (TPSA) is 0 Å². The van der Waals surface area contributed by atoms with Crippen molar-refractivity contribution in [2.45, 2.75) is 12.8 Å². The Morgan fingerprint density at radius 3 is 2.40 bits per heavy atom. The Kier molecular flexibility index (Phi) is 5.73. The fourth-order valence-electron chi connectivity index (χ4n) is 2.19. The quantitative estimate of drug-likeness (QED) is 0.576. The zero-order chi connectivity index (χ0) is 14.5. The summed E-state index contributed by atoms with van der Waals surface area (Å²) in [6.45, 7) is 0. The van der Waals surface area contributed by atoms with Crippen molar-refractivity contribution in [2.24, 2.45) is 5.92 Å². The van der Waals surface area contributed by atoms with Gasteiger partial charge in [0.05, 0.1) is 0 Å². The molecule has 2 rings (SSSR count). The van der Waals surface area contributed by atoms with E-state index < -0.39 is 0 Å². The van der Waals surface area contributed by atoms with Crippen LogP contribution in [0.15, 0.2) is 46.9 Å². The molecule has 0 aliphatic rings. The predicted octanol–water partition coefficient (Wildman–Crippen LogP) is 5.52. The smallest absolute Gasteiger partial charge is 0.123 e. The highest BCUT2D eigenvalue weighted by Gasteiger charge is 2.12. The van der Waals surface area contributed by atoms with Crippen molar-refractivity contribution >= 4 is 31.9 Å². The van der Waals surface area contributed by atoms with Crippen LogP contribution >= 0.6 is 31.9 Å². The van der Waals surface area contributed by atoms with E-state index in [1.165, 1.54) is 12.1 Å². The van der Waals surface area contributed by atoms with Gasteiger partial charge in [-0.3, -0.25) is 0 Å². The third kappa shape index (κ3) is 4.38. The zero-order valence-corrected chi connectivity index (χ0v) is 13.9. The normalized spacial score (nSPS) is 12.4. The summed E-state index contributed by atoms with van der Waals surface area (Å²) in [5.74, 6) is -0.167.